The molecule has 1 aliphatic heterocycles. The predicted molar refractivity (Wildman–Crippen MR) is 239 cm³/mol. The van der Waals surface area contributed by atoms with Gasteiger partial charge >= 0.3 is 0 Å². The highest BCUT2D eigenvalue weighted by molar-refractivity contribution is 6.09. The molecule has 1 saturated heterocycles. The molecule has 5 aromatic heterocycles. The third-order valence-electron chi connectivity index (χ3n) is 12.5. The molecule has 16 nitrogen and oxygen atoms in total. The number of hydrogen-bond donors (Lipinski definition) is 4. The van der Waals surface area contributed by atoms with Crippen molar-refractivity contribution in [2.24, 2.45) is 11.8 Å². The fourth-order valence-corrected chi connectivity index (χ4v) is 8.86. The molecule has 1 unspecified atom stereocenters. The van der Waals surface area contributed by atoms with Crippen LogP contribution in [0.5, 0.6) is 0 Å². The lowest BCUT2D eigenvalue weighted by atomic mass is 9.86. The average Bonchev–Trinajstić information content (AvgIpc) is 3.68. The Bertz CT molecular complexity index is 2620. The molecule has 0 bridgehead atoms. The summed E-state index contributed by atoms with van der Waals surface area (Å²) in [5.74, 6) is 0.848. The summed E-state index contributed by atoms with van der Waals surface area (Å²) in [5.41, 5.74) is 2.94. The topological polar surface area (TPSA) is 192 Å². The Kier molecular flexibility index (Phi) is 13.8. The lowest BCUT2D eigenvalue weighted by molar-refractivity contribution is -0.135. The number of anilines is 2. The van der Waals surface area contributed by atoms with Crippen LogP contribution in [0.1, 0.15) is 98.0 Å². The first-order chi connectivity index (χ1) is 31.8. The fraction of sp³-hybridized carbons (Fsp3) is 0.468. The molecule has 2 saturated carbocycles. The van der Waals surface area contributed by atoms with Gasteiger partial charge in [-0.1, -0.05) is 6.07 Å². The summed E-state index contributed by atoms with van der Waals surface area (Å²) in [7, 11) is 0. The minimum atomic E-state index is -2.87. The normalized spacial score (nSPS) is 19.0. The molecule has 18 heteroatoms. The standard InChI is InChI=1S/C47H54F2N10O6/c48-43(49)42-36(54-45(61)37-28-65-47(55-37)32-15-17-51-40(24-32)53-26-31-5-6-31)27-58(57-42)33-10-7-30(8-11-33)25-50-18-20-64-22-21-63-19-2-3-29-9-12-38-35(23-29)34-4-1-16-52-44(34)59(38)39-13-14-41(60)56-46(39)62/h1,4,9,12,15-17,23-24,27-28,30-31,33,39,43,50H,2-3,5-8,10-11,13-14,18-22,25-26H2,(H,51,53)(H,54,61)(H,56,60,62)/t30-,33-,39?. The lowest BCUT2D eigenvalue weighted by Gasteiger charge is -2.28. The van der Waals surface area contributed by atoms with Gasteiger partial charge in [0.2, 0.25) is 17.7 Å². The Balaban J connectivity index is 0.652. The number of rotatable bonds is 21. The summed E-state index contributed by atoms with van der Waals surface area (Å²) >= 11 is 0. The molecule has 1 atom stereocenters. The third-order valence-corrected chi connectivity index (χ3v) is 12.5. The second-order valence-electron chi connectivity index (χ2n) is 17.2. The van der Waals surface area contributed by atoms with E-state index in [1.807, 2.05) is 22.8 Å². The first-order valence-corrected chi connectivity index (χ1v) is 22.7. The summed E-state index contributed by atoms with van der Waals surface area (Å²) in [5, 5.41) is 18.1. The number of amides is 3. The van der Waals surface area contributed by atoms with Crippen LogP contribution in [0.4, 0.5) is 20.3 Å². The maximum Gasteiger partial charge on any atom is 0.284 e. The number of nitrogens with one attached hydrogen (secondary N) is 4. The van der Waals surface area contributed by atoms with Crippen LogP contribution < -0.4 is 21.3 Å². The number of hydrogen-bond acceptors (Lipinski definition) is 12. The van der Waals surface area contributed by atoms with Crippen LogP contribution in [0.3, 0.4) is 0 Å². The first kappa shape index (κ1) is 44.1. The maximum atomic E-state index is 14.1. The molecular formula is C47H54F2N10O6. The molecule has 3 aliphatic rings. The summed E-state index contributed by atoms with van der Waals surface area (Å²) in [6, 6.07) is 13.2. The SMILES string of the molecule is O=C1CCC(n2c3ccc(CCCOCCOCCNC[C@H]4CC[C@H](n5cc(NC(=O)c6coc(-c7ccnc(NCC8CC8)c7)n6)c(C(F)F)n5)CC4)cc3c3cccnc32)C(=O)N1. The quantitative estimate of drug-likeness (QED) is 0.0414. The molecule has 0 radical (unpaired) electrons. The van der Waals surface area contributed by atoms with Gasteiger partial charge in [0.1, 0.15) is 23.8 Å². The molecule has 6 heterocycles. The number of piperidine rings is 1. The molecule has 65 heavy (non-hydrogen) atoms. The Hall–Kier alpha value is -6.11. The van der Waals surface area contributed by atoms with E-state index in [4.69, 9.17) is 13.9 Å². The summed E-state index contributed by atoms with van der Waals surface area (Å²) < 4.78 is 49.0. The number of oxazole rings is 1. The predicted octanol–water partition coefficient (Wildman–Crippen LogP) is 7.41. The van der Waals surface area contributed by atoms with E-state index in [-0.39, 0.29) is 35.1 Å². The zero-order valence-electron chi connectivity index (χ0n) is 36.1. The Morgan fingerprint density at radius 2 is 1.72 bits per heavy atom. The van der Waals surface area contributed by atoms with Gasteiger partial charge in [0.15, 0.2) is 11.4 Å². The number of imide groups is 1. The minimum absolute atomic E-state index is 0.0298. The van der Waals surface area contributed by atoms with E-state index in [0.717, 1.165) is 73.6 Å². The zero-order valence-corrected chi connectivity index (χ0v) is 36.1. The number of ether oxygens (including phenoxy) is 2. The van der Waals surface area contributed by atoms with E-state index < -0.39 is 24.1 Å². The Morgan fingerprint density at radius 3 is 2.54 bits per heavy atom. The minimum Gasteiger partial charge on any atom is -0.444 e. The van der Waals surface area contributed by atoms with Crippen LogP contribution in [0, 0.1) is 11.8 Å². The molecule has 3 fully saturated rings. The van der Waals surface area contributed by atoms with E-state index in [0.29, 0.717) is 69.0 Å². The smallest absolute Gasteiger partial charge is 0.284 e. The number of alkyl halides is 2. The number of carbonyl (C=O) groups excluding carboxylic acids is 3. The van der Waals surface area contributed by atoms with Crippen LogP contribution >= 0.6 is 0 Å². The van der Waals surface area contributed by atoms with E-state index in [2.05, 4.69) is 53.5 Å². The molecule has 3 amide bonds. The van der Waals surface area contributed by atoms with Gasteiger partial charge < -0.3 is 34.4 Å². The molecule has 9 rings (SSSR count). The molecule has 6 aromatic rings. The first-order valence-electron chi connectivity index (χ1n) is 22.7. The number of aromatic nitrogens is 6. The van der Waals surface area contributed by atoms with Gasteiger partial charge in [-0.2, -0.15) is 5.10 Å². The van der Waals surface area contributed by atoms with Gasteiger partial charge in [0.25, 0.3) is 12.3 Å². The number of halogens is 2. The van der Waals surface area contributed by atoms with Crippen molar-refractivity contribution in [2.75, 3.05) is 56.7 Å². The molecule has 0 spiro atoms. The van der Waals surface area contributed by atoms with Gasteiger partial charge in [0.05, 0.1) is 37.1 Å². The number of aryl methyl sites for hydroxylation is 1. The monoisotopic (exact) mass is 892 g/mol. The van der Waals surface area contributed by atoms with Crippen LogP contribution in [-0.2, 0) is 25.5 Å². The second kappa shape index (κ2) is 20.4. The molecule has 1 aromatic carbocycles. The zero-order chi connectivity index (χ0) is 44.7. The van der Waals surface area contributed by atoms with E-state index >= 15 is 0 Å². The highest BCUT2D eigenvalue weighted by atomic mass is 19.3. The van der Waals surface area contributed by atoms with Crippen molar-refractivity contribution in [2.45, 2.75) is 82.7 Å². The number of fused-ring (bicyclic) bond motifs is 3. The summed E-state index contributed by atoms with van der Waals surface area (Å²) in [4.78, 5) is 50.9. The Labute approximate surface area is 374 Å². The van der Waals surface area contributed by atoms with Gasteiger partial charge in [-0.05, 0) is 118 Å². The van der Waals surface area contributed by atoms with Gasteiger partial charge in [-0.3, -0.25) is 24.4 Å². The van der Waals surface area contributed by atoms with Gasteiger partial charge in [-0.25, -0.2) is 23.7 Å². The number of nitrogens with zero attached hydrogens (tertiary/aromatic N) is 6. The van der Waals surface area contributed by atoms with E-state index in [1.54, 1.807) is 29.2 Å². The van der Waals surface area contributed by atoms with Crippen molar-refractivity contribution in [3.8, 4) is 11.5 Å². The Morgan fingerprint density at radius 1 is 0.908 bits per heavy atom. The van der Waals surface area contributed by atoms with Crippen molar-refractivity contribution in [3.05, 3.63) is 84.3 Å². The van der Waals surface area contributed by atoms with E-state index in [9.17, 15) is 23.2 Å². The highest BCUT2D eigenvalue weighted by Crippen LogP contribution is 2.36. The van der Waals surface area contributed by atoms with Crippen molar-refractivity contribution in [1.29, 1.82) is 0 Å². The highest BCUT2D eigenvalue weighted by Gasteiger charge is 2.31. The maximum absolute atomic E-state index is 14.1. The van der Waals surface area contributed by atoms with Crippen molar-refractivity contribution >= 4 is 51.2 Å². The van der Waals surface area contributed by atoms with Crippen molar-refractivity contribution in [1.82, 2.24) is 39.9 Å². The average molecular weight is 893 g/mol. The number of benzene rings is 1. The molecule has 342 valence electrons. The van der Waals surface area contributed by atoms with Crippen LogP contribution in [0.15, 0.2) is 71.7 Å². The van der Waals surface area contributed by atoms with E-state index in [1.165, 1.54) is 30.9 Å². The second-order valence-corrected chi connectivity index (χ2v) is 17.2. The van der Waals surface area contributed by atoms with Crippen molar-refractivity contribution in [3.63, 3.8) is 0 Å². The third kappa shape index (κ3) is 10.7. The van der Waals surface area contributed by atoms with Crippen LogP contribution in [-0.4, -0.2) is 93.1 Å². The van der Waals surface area contributed by atoms with Crippen molar-refractivity contribution < 1.29 is 37.1 Å². The number of carbonyl (C=O) groups is 3. The van der Waals surface area contributed by atoms with Crippen LogP contribution in [0.25, 0.3) is 33.4 Å². The summed E-state index contributed by atoms with van der Waals surface area (Å²) in [6.07, 6.45) is 11.5. The lowest BCUT2D eigenvalue weighted by Crippen LogP contribution is -2.41. The fourth-order valence-electron chi connectivity index (χ4n) is 8.86. The number of pyridine rings is 2. The largest absolute Gasteiger partial charge is 0.444 e. The molecule has 4 N–H and O–H groups in total. The van der Waals surface area contributed by atoms with Gasteiger partial charge in [0, 0.05) is 61.0 Å². The molecule has 2 aliphatic carbocycles. The van der Waals surface area contributed by atoms with Crippen LogP contribution in [0.2, 0.25) is 0 Å². The van der Waals surface area contributed by atoms with Gasteiger partial charge in [-0.15, -0.1) is 0 Å². The summed E-state index contributed by atoms with van der Waals surface area (Å²) in [6.45, 7) is 4.58. The molecular weight excluding hydrogens is 839 g/mol.